The summed E-state index contributed by atoms with van der Waals surface area (Å²) in [4.78, 5) is 11.2. The summed E-state index contributed by atoms with van der Waals surface area (Å²) in [5.74, 6) is 0.597. The van der Waals surface area contributed by atoms with E-state index in [4.69, 9.17) is 4.74 Å². The summed E-state index contributed by atoms with van der Waals surface area (Å²) in [6.45, 7) is 5.44. The maximum absolute atomic E-state index is 11.2. The lowest BCUT2D eigenvalue weighted by molar-refractivity contribution is -0.146. The molecule has 3 nitrogen and oxygen atoms in total. The van der Waals surface area contributed by atoms with E-state index in [0.717, 1.165) is 19.4 Å². The Labute approximate surface area is 73.5 Å². The Hall–Kier alpha value is -0.570. The number of hydrogen-bond donors (Lipinski definition) is 1. The minimum Gasteiger partial charge on any atom is -0.465 e. The van der Waals surface area contributed by atoms with Gasteiger partial charge in [-0.25, -0.2) is 0 Å². The lowest BCUT2D eigenvalue weighted by Crippen LogP contribution is -2.44. The fraction of sp³-hybridized carbons (Fsp3) is 0.889. The molecule has 1 N–H and O–H groups in total. The van der Waals surface area contributed by atoms with Gasteiger partial charge in [-0.3, -0.25) is 4.79 Å². The third-order valence-corrected chi connectivity index (χ3v) is 2.23. The van der Waals surface area contributed by atoms with E-state index in [0.29, 0.717) is 12.5 Å². The topological polar surface area (TPSA) is 38.3 Å². The molecule has 0 aliphatic carbocycles. The zero-order chi connectivity index (χ0) is 8.97. The molecule has 1 fully saturated rings. The van der Waals surface area contributed by atoms with Crippen LogP contribution in [0.25, 0.3) is 0 Å². The summed E-state index contributed by atoms with van der Waals surface area (Å²) in [7, 11) is 0. The third-order valence-electron chi connectivity index (χ3n) is 2.23. The van der Waals surface area contributed by atoms with Gasteiger partial charge in [0.1, 0.15) is 6.04 Å². The fourth-order valence-corrected chi connectivity index (χ4v) is 1.44. The summed E-state index contributed by atoms with van der Waals surface area (Å²) < 4.78 is 4.92. The van der Waals surface area contributed by atoms with Crippen LogP contribution in [0.3, 0.4) is 0 Å². The van der Waals surface area contributed by atoms with Gasteiger partial charge in [0.05, 0.1) is 6.61 Å². The minimum absolute atomic E-state index is 0.0545. The van der Waals surface area contributed by atoms with Crippen LogP contribution < -0.4 is 5.32 Å². The van der Waals surface area contributed by atoms with Crippen molar-refractivity contribution in [2.45, 2.75) is 32.7 Å². The summed E-state index contributed by atoms with van der Waals surface area (Å²) in [5.41, 5.74) is 0. The van der Waals surface area contributed by atoms with Gasteiger partial charge < -0.3 is 10.1 Å². The molecule has 2 atom stereocenters. The highest BCUT2D eigenvalue weighted by molar-refractivity contribution is 5.75. The van der Waals surface area contributed by atoms with Crippen molar-refractivity contribution in [2.75, 3.05) is 13.2 Å². The second-order valence-corrected chi connectivity index (χ2v) is 3.40. The molecule has 1 heterocycles. The first-order valence-corrected chi connectivity index (χ1v) is 4.64. The molecule has 1 rings (SSSR count). The van der Waals surface area contributed by atoms with Crippen molar-refractivity contribution in [3.8, 4) is 0 Å². The quantitative estimate of drug-likeness (QED) is 0.628. The van der Waals surface area contributed by atoms with E-state index in [2.05, 4.69) is 12.2 Å². The van der Waals surface area contributed by atoms with Gasteiger partial charge in [0.2, 0.25) is 0 Å². The highest BCUT2D eigenvalue weighted by Gasteiger charge is 2.24. The first-order valence-electron chi connectivity index (χ1n) is 4.64. The molecule has 0 amide bonds. The highest BCUT2D eigenvalue weighted by atomic mass is 16.5. The first kappa shape index (κ1) is 9.52. The number of carbonyl (C=O) groups is 1. The maximum atomic E-state index is 11.2. The van der Waals surface area contributed by atoms with Gasteiger partial charge in [-0.15, -0.1) is 0 Å². The van der Waals surface area contributed by atoms with Crippen LogP contribution in [-0.4, -0.2) is 25.2 Å². The molecule has 0 aromatic rings. The fourth-order valence-electron chi connectivity index (χ4n) is 1.44. The predicted molar refractivity (Wildman–Crippen MR) is 46.8 cm³/mol. The molecular weight excluding hydrogens is 154 g/mol. The number of hydrogen-bond acceptors (Lipinski definition) is 3. The Morgan fingerprint density at radius 3 is 2.83 bits per heavy atom. The lowest BCUT2D eigenvalue weighted by atomic mass is 9.96. The second kappa shape index (κ2) is 4.45. The van der Waals surface area contributed by atoms with Crippen molar-refractivity contribution in [2.24, 2.45) is 5.92 Å². The van der Waals surface area contributed by atoms with Crippen molar-refractivity contribution in [3.63, 3.8) is 0 Å². The summed E-state index contributed by atoms with van der Waals surface area (Å²) in [6.07, 6.45) is 2.04. The molecule has 1 aliphatic heterocycles. The van der Waals surface area contributed by atoms with Crippen molar-refractivity contribution >= 4 is 5.97 Å². The number of carbonyl (C=O) groups excluding carboxylic acids is 1. The SMILES string of the molecule is CCOC(=O)[C@@H]1CC[C@@H](C)CN1. The molecule has 70 valence electrons. The number of piperidine rings is 1. The van der Waals surface area contributed by atoms with Crippen LogP contribution in [-0.2, 0) is 9.53 Å². The number of ether oxygens (including phenoxy) is 1. The molecule has 3 heteroatoms. The Bertz CT molecular complexity index is 151. The van der Waals surface area contributed by atoms with Crippen molar-refractivity contribution in [3.05, 3.63) is 0 Å². The minimum atomic E-state index is -0.0931. The van der Waals surface area contributed by atoms with Gasteiger partial charge in [0.15, 0.2) is 0 Å². The maximum Gasteiger partial charge on any atom is 0.323 e. The standard InChI is InChI=1S/C9H17NO2/c1-3-12-9(11)8-5-4-7(2)6-10-8/h7-8,10H,3-6H2,1-2H3/t7-,8+/m1/s1. The van der Waals surface area contributed by atoms with E-state index in [-0.39, 0.29) is 12.0 Å². The zero-order valence-electron chi connectivity index (χ0n) is 7.80. The van der Waals surface area contributed by atoms with Crippen LogP contribution >= 0.6 is 0 Å². The van der Waals surface area contributed by atoms with Crippen molar-refractivity contribution < 1.29 is 9.53 Å². The smallest absolute Gasteiger partial charge is 0.323 e. The summed E-state index contributed by atoms with van der Waals surface area (Å²) in [6, 6.07) is -0.0545. The first-order chi connectivity index (χ1) is 5.74. The van der Waals surface area contributed by atoms with Gasteiger partial charge >= 0.3 is 5.97 Å². The molecule has 12 heavy (non-hydrogen) atoms. The van der Waals surface area contributed by atoms with Crippen molar-refractivity contribution in [1.29, 1.82) is 0 Å². The lowest BCUT2D eigenvalue weighted by Gasteiger charge is -2.25. The Kier molecular flexibility index (Phi) is 3.53. The molecule has 0 aromatic carbocycles. The molecule has 0 spiro atoms. The van der Waals surface area contributed by atoms with E-state index >= 15 is 0 Å². The number of rotatable bonds is 2. The van der Waals surface area contributed by atoms with E-state index in [1.54, 1.807) is 0 Å². The van der Waals surface area contributed by atoms with Crippen LogP contribution in [0.1, 0.15) is 26.7 Å². The monoisotopic (exact) mass is 171 g/mol. The van der Waals surface area contributed by atoms with Gasteiger partial charge in [-0.05, 0) is 32.2 Å². The van der Waals surface area contributed by atoms with Gasteiger partial charge in [-0.1, -0.05) is 6.92 Å². The molecule has 0 bridgehead atoms. The van der Waals surface area contributed by atoms with Crippen LogP contribution in [0.15, 0.2) is 0 Å². The zero-order valence-corrected chi connectivity index (χ0v) is 7.80. The Morgan fingerprint density at radius 2 is 2.33 bits per heavy atom. The van der Waals surface area contributed by atoms with Crippen LogP contribution in [0.2, 0.25) is 0 Å². The van der Waals surface area contributed by atoms with Crippen LogP contribution in [0.4, 0.5) is 0 Å². The van der Waals surface area contributed by atoms with E-state index in [9.17, 15) is 4.79 Å². The number of nitrogens with one attached hydrogen (secondary N) is 1. The van der Waals surface area contributed by atoms with Gasteiger partial charge in [-0.2, -0.15) is 0 Å². The van der Waals surface area contributed by atoms with E-state index < -0.39 is 0 Å². The molecule has 0 aromatic heterocycles. The Balaban J connectivity index is 2.29. The molecule has 1 saturated heterocycles. The highest BCUT2D eigenvalue weighted by Crippen LogP contribution is 2.13. The average molecular weight is 171 g/mol. The predicted octanol–water partition coefficient (Wildman–Crippen LogP) is 0.938. The molecular formula is C9H17NO2. The molecule has 0 saturated carbocycles. The summed E-state index contributed by atoms with van der Waals surface area (Å²) >= 11 is 0. The molecule has 0 radical (unpaired) electrons. The average Bonchev–Trinajstić information content (AvgIpc) is 2.06. The number of esters is 1. The largest absolute Gasteiger partial charge is 0.465 e. The molecule has 1 aliphatic rings. The Morgan fingerprint density at radius 1 is 1.58 bits per heavy atom. The normalized spacial score (nSPS) is 29.8. The van der Waals surface area contributed by atoms with Gasteiger partial charge in [0, 0.05) is 0 Å². The van der Waals surface area contributed by atoms with Crippen LogP contribution in [0.5, 0.6) is 0 Å². The second-order valence-electron chi connectivity index (χ2n) is 3.40. The molecule has 0 unspecified atom stereocenters. The van der Waals surface area contributed by atoms with E-state index in [1.165, 1.54) is 0 Å². The van der Waals surface area contributed by atoms with Crippen molar-refractivity contribution in [1.82, 2.24) is 5.32 Å². The third kappa shape index (κ3) is 2.48. The van der Waals surface area contributed by atoms with E-state index in [1.807, 2.05) is 6.92 Å². The summed E-state index contributed by atoms with van der Waals surface area (Å²) in [5, 5.41) is 3.18. The van der Waals surface area contributed by atoms with Gasteiger partial charge in [0.25, 0.3) is 0 Å². The van der Waals surface area contributed by atoms with Crippen LogP contribution in [0, 0.1) is 5.92 Å².